The van der Waals surface area contributed by atoms with Crippen molar-refractivity contribution in [2.24, 2.45) is 15.9 Å². The van der Waals surface area contributed by atoms with Crippen LogP contribution >= 0.6 is 0 Å². The van der Waals surface area contributed by atoms with Gasteiger partial charge >= 0.3 is 0 Å². The molecule has 3 heterocycles. The van der Waals surface area contributed by atoms with Crippen LogP contribution in [0.1, 0.15) is 27.2 Å². The largest absolute Gasteiger partial charge is 0.382 e. The maximum absolute atomic E-state index is 6.05. The van der Waals surface area contributed by atoms with E-state index in [9.17, 15) is 0 Å². The van der Waals surface area contributed by atoms with E-state index in [4.69, 9.17) is 5.73 Å². The molecular formula is C14H19N5. The second-order valence-electron chi connectivity index (χ2n) is 5.49. The van der Waals surface area contributed by atoms with Crippen molar-refractivity contribution in [3.05, 3.63) is 10.7 Å². The first-order valence-electron chi connectivity index (χ1n) is 6.74. The van der Waals surface area contributed by atoms with Crippen molar-refractivity contribution in [3.63, 3.8) is 0 Å². The molecule has 2 N–H and O–H groups in total. The molecule has 1 aromatic rings. The maximum atomic E-state index is 6.05. The molecule has 1 aromatic heterocycles. The number of nitrogens with two attached hydrogens (primary N) is 1. The van der Waals surface area contributed by atoms with E-state index in [1.807, 2.05) is 6.21 Å². The number of pyridine rings is 1. The van der Waals surface area contributed by atoms with Crippen molar-refractivity contribution >= 4 is 29.5 Å². The van der Waals surface area contributed by atoms with Gasteiger partial charge in [-0.25, -0.2) is 4.98 Å². The zero-order valence-corrected chi connectivity index (χ0v) is 11.6. The average molecular weight is 257 g/mol. The number of hydrogen-bond acceptors (Lipinski definition) is 5. The molecule has 1 atom stereocenters. The van der Waals surface area contributed by atoms with Crippen LogP contribution in [0.2, 0.25) is 0 Å². The van der Waals surface area contributed by atoms with E-state index < -0.39 is 0 Å². The quantitative estimate of drug-likeness (QED) is 0.859. The molecule has 2 aliphatic rings. The van der Waals surface area contributed by atoms with Crippen LogP contribution in [0.4, 0.5) is 17.2 Å². The van der Waals surface area contributed by atoms with Gasteiger partial charge in [-0.3, -0.25) is 9.98 Å². The fraction of sp³-hybridized carbons (Fsp3) is 0.500. The predicted molar refractivity (Wildman–Crippen MR) is 78.3 cm³/mol. The molecule has 5 nitrogen and oxygen atoms in total. The summed E-state index contributed by atoms with van der Waals surface area (Å²) in [5.74, 6) is 1.07. The summed E-state index contributed by atoms with van der Waals surface area (Å²) in [5, 5.41) is 1.69. The Kier molecular flexibility index (Phi) is 2.77. The molecular weight excluding hydrogens is 238 g/mol. The lowest BCUT2D eigenvalue weighted by molar-refractivity contribution is 0.572. The topological polar surface area (TPSA) is 66.9 Å². The van der Waals surface area contributed by atoms with Crippen LogP contribution < -0.4 is 21.3 Å². The highest BCUT2D eigenvalue weighted by molar-refractivity contribution is 5.81. The highest BCUT2D eigenvalue weighted by atomic mass is 15.3. The second kappa shape index (κ2) is 4.33. The van der Waals surface area contributed by atoms with Crippen molar-refractivity contribution in [3.8, 4) is 0 Å². The number of hydrogen-bond donors (Lipinski definition) is 1. The minimum atomic E-state index is 0.102. The number of aliphatic imine (C=N–C) groups is 1. The summed E-state index contributed by atoms with van der Waals surface area (Å²) in [6.45, 7) is 7.45. The minimum absolute atomic E-state index is 0.102. The molecule has 19 heavy (non-hydrogen) atoms. The Morgan fingerprint density at radius 2 is 2.26 bits per heavy atom. The zero-order valence-electron chi connectivity index (χ0n) is 11.6. The lowest BCUT2D eigenvalue weighted by atomic mass is 10.1. The third-order valence-corrected chi connectivity index (χ3v) is 3.43. The van der Waals surface area contributed by atoms with E-state index in [1.165, 1.54) is 0 Å². The predicted octanol–water partition coefficient (Wildman–Crippen LogP) is 0.992. The van der Waals surface area contributed by atoms with Gasteiger partial charge in [0.05, 0.1) is 11.0 Å². The molecule has 0 amide bonds. The highest BCUT2D eigenvalue weighted by Gasteiger charge is 2.28. The van der Waals surface area contributed by atoms with Gasteiger partial charge in [-0.05, 0) is 12.8 Å². The van der Waals surface area contributed by atoms with Gasteiger partial charge in [-0.2, -0.15) is 0 Å². The van der Waals surface area contributed by atoms with E-state index in [0.29, 0.717) is 11.7 Å². The molecule has 0 saturated heterocycles. The summed E-state index contributed by atoms with van der Waals surface area (Å²) in [6, 6.07) is 0. The van der Waals surface area contributed by atoms with Gasteiger partial charge in [-0.15, -0.1) is 0 Å². The first-order chi connectivity index (χ1) is 9.08. The Morgan fingerprint density at radius 1 is 1.47 bits per heavy atom. The summed E-state index contributed by atoms with van der Waals surface area (Å²) < 4.78 is 0. The third kappa shape index (κ3) is 1.89. The monoisotopic (exact) mass is 257 g/mol. The molecule has 0 saturated carbocycles. The molecule has 100 valence electrons. The lowest BCUT2D eigenvalue weighted by Crippen LogP contribution is -2.34. The Bertz CT molecular complexity index is 659. The fourth-order valence-electron chi connectivity index (χ4n) is 2.65. The van der Waals surface area contributed by atoms with Crippen molar-refractivity contribution in [2.75, 3.05) is 17.2 Å². The van der Waals surface area contributed by atoms with Crippen molar-refractivity contribution in [2.45, 2.75) is 33.4 Å². The Morgan fingerprint density at radius 3 is 3.00 bits per heavy atom. The van der Waals surface area contributed by atoms with Crippen LogP contribution in [-0.2, 0) is 0 Å². The number of rotatable bonds is 2. The normalized spacial score (nSPS) is 20.0. The lowest BCUT2D eigenvalue weighted by Gasteiger charge is -2.26. The standard InChI is InChI=1S/C14H19N5/c1-8(2)7-19-9(3)17-12-13(19)11-10(18-14(12)15)5-4-6-16-11/h5-6,8-9H,4,7H2,1-3H3,(H2,15,18). The number of anilines is 2. The van der Waals surface area contributed by atoms with Gasteiger partial charge in [0.2, 0.25) is 0 Å². The minimum Gasteiger partial charge on any atom is -0.382 e. The number of nitrogen functional groups attached to an aromatic ring is 1. The number of fused-ring (bicyclic) bond motifs is 3. The van der Waals surface area contributed by atoms with Gasteiger partial charge in [0.25, 0.3) is 0 Å². The summed E-state index contributed by atoms with van der Waals surface area (Å²) in [5.41, 5.74) is 8.02. The molecule has 0 fully saturated rings. The Labute approximate surface area is 112 Å². The summed E-state index contributed by atoms with van der Waals surface area (Å²) in [7, 11) is 0. The van der Waals surface area contributed by atoms with Crippen LogP contribution in [0.25, 0.3) is 6.08 Å². The first kappa shape index (κ1) is 12.1. The molecule has 0 aromatic carbocycles. The molecule has 2 aliphatic heterocycles. The van der Waals surface area contributed by atoms with Gasteiger partial charge in [-0.1, -0.05) is 19.9 Å². The third-order valence-electron chi connectivity index (χ3n) is 3.43. The second-order valence-corrected chi connectivity index (χ2v) is 5.49. The van der Waals surface area contributed by atoms with Crippen LogP contribution in [-0.4, -0.2) is 23.9 Å². The first-order valence-corrected chi connectivity index (χ1v) is 6.74. The summed E-state index contributed by atoms with van der Waals surface area (Å²) >= 11 is 0. The smallest absolute Gasteiger partial charge is 0.152 e. The number of nitrogens with zero attached hydrogens (tertiary/aromatic N) is 4. The van der Waals surface area contributed by atoms with E-state index in [1.54, 1.807) is 0 Å². The molecule has 0 spiro atoms. The van der Waals surface area contributed by atoms with Crippen molar-refractivity contribution in [1.82, 2.24) is 4.98 Å². The molecule has 3 rings (SSSR count). The Balaban J connectivity index is 2.24. The number of aromatic nitrogens is 1. The molecule has 5 heteroatoms. The van der Waals surface area contributed by atoms with E-state index in [0.717, 1.165) is 35.0 Å². The molecule has 0 aliphatic carbocycles. The maximum Gasteiger partial charge on any atom is 0.152 e. The van der Waals surface area contributed by atoms with Gasteiger partial charge < -0.3 is 10.6 Å². The van der Waals surface area contributed by atoms with Gasteiger partial charge in [0.15, 0.2) is 5.82 Å². The average Bonchev–Trinajstić information content (AvgIpc) is 2.68. The summed E-state index contributed by atoms with van der Waals surface area (Å²) in [4.78, 5) is 15.9. The van der Waals surface area contributed by atoms with E-state index in [2.05, 4.69) is 46.7 Å². The molecule has 0 bridgehead atoms. The van der Waals surface area contributed by atoms with Crippen LogP contribution in [0, 0.1) is 5.92 Å². The SMILES string of the molecule is CC(C)CN1c2c3c(nc(N)c2=NC1C)=CCC=N3. The van der Waals surface area contributed by atoms with Crippen molar-refractivity contribution in [1.29, 1.82) is 0 Å². The summed E-state index contributed by atoms with van der Waals surface area (Å²) in [6.07, 6.45) is 4.90. The van der Waals surface area contributed by atoms with Crippen LogP contribution in [0.3, 0.4) is 0 Å². The van der Waals surface area contributed by atoms with Gasteiger partial charge in [0.1, 0.15) is 17.2 Å². The van der Waals surface area contributed by atoms with Crippen LogP contribution in [0.15, 0.2) is 9.98 Å². The van der Waals surface area contributed by atoms with Crippen molar-refractivity contribution < 1.29 is 0 Å². The zero-order chi connectivity index (χ0) is 13.6. The van der Waals surface area contributed by atoms with Gasteiger partial charge in [0, 0.05) is 19.2 Å². The molecule has 0 radical (unpaired) electrons. The highest BCUT2D eigenvalue weighted by Crippen LogP contribution is 2.29. The van der Waals surface area contributed by atoms with E-state index in [-0.39, 0.29) is 6.17 Å². The van der Waals surface area contributed by atoms with E-state index >= 15 is 0 Å². The Hall–Kier alpha value is -1.91. The fourth-order valence-corrected chi connectivity index (χ4v) is 2.65. The molecule has 1 unspecified atom stereocenters. The van der Waals surface area contributed by atoms with Crippen LogP contribution in [0.5, 0.6) is 0 Å².